The van der Waals surface area contributed by atoms with E-state index < -0.39 is 43.4 Å². The molecule has 0 aliphatic carbocycles. The summed E-state index contributed by atoms with van der Waals surface area (Å²) >= 11 is 0. The molecule has 1 aliphatic heterocycles. The summed E-state index contributed by atoms with van der Waals surface area (Å²) in [6.45, 7) is 4.52. The SMILES string of the molecule is CCCCCCCCCCCCCCCC(=O)OC(COCCCCCCCCC)COC1OC(CO)C(O)C(O)C1O. The monoisotopic (exact) mass is 618 g/mol. The van der Waals surface area contributed by atoms with Crippen molar-refractivity contribution in [3.63, 3.8) is 0 Å². The van der Waals surface area contributed by atoms with Crippen LogP contribution in [0.1, 0.15) is 149 Å². The average Bonchev–Trinajstić information content (AvgIpc) is 3.00. The van der Waals surface area contributed by atoms with E-state index in [9.17, 15) is 25.2 Å². The molecule has 0 aromatic rings. The Bertz CT molecular complexity index is 633. The van der Waals surface area contributed by atoms with E-state index in [1.54, 1.807) is 0 Å². The molecule has 1 heterocycles. The Hall–Kier alpha value is -0.810. The Morgan fingerprint density at radius 1 is 0.651 bits per heavy atom. The highest BCUT2D eigenvalue weighted by Crippen LogP contribution is 2.22. The number of hydrogen-bond donors (Lipinski definition) is 4. The number of rotatable bonds is 29. The van der Waals surface area contributed by atoms with Crippen molar-refractivity contribution < 1.29 is 44.2 Å². The van der Waals surface area contributed by atoms with Crippen LogP contribution in [0.15, 0.2) is 0 Å². The molecular formula is C34H66O9. The van der Waals surface area contributed by atoms with Gasteiger partial charge in [-0.3, -0.25) is 4.79 Å². The highest BCUT2D eigenvalue weighted by molar-refractivity contribution is 5.69. The van der Waals surface area contributed by atoms with Crippen molar-refractivity contribution in [3.8, 4) is 0 Å². The van der Waals surface area contributed by atoms with Crippen molar-refractivity contribution in [2.24, 2.45) is 0 Å². The number of esters is 1. The molecule has 0 radical (unpaired) electrons. The fourth-order valence-corrected chi connectivity index (χ4v) is 5.43. The minimum atomic E-state index is -1.53. The molecule has 0 aromatic heterocycles. The summed E-state index contributed by atoms with van der Waals surface area (Å²) in [6.07, 6.45) is 17.1. The van der Waals surface area contributed by atoms with Crippen molar-refractivity contribution >= 4 is 5.97 Å². The number of carbonyl (C=O) groups is 1. The summed E-state index contributed by atoms with van der Waals surface area (Å²) in [6, 6.07) is 0. The van der Waals surface area contributed by atoms with E-state index in [4.69, 9.17) is 18.9 Å². The third-order valence-electron chi connectivity index (χ3n) is 8.27. The molecule has 9 nitrogen and oxygen atoms in total. The molecule has 1 rings (SSSR count). The van der Waals surface area contributed by atoms with Crippen LogP contribution in [0, 0.1) is 0 Å². The van der Waals surface area contributed by atoms with E-state index in [0.29, 0.717) is 13.0 Å². The van der Waals surface area contributed by atoms with Crippen LogP contribution >= 0.6 is 0 Å². The van der Waals surface area contributed by atoms with Gasteiger partial charge in [0, 0.05) is 13.0 Å². The molecule has 0 bridgehead atoms. The van der Waals surface area contributed by atoms with Gasteiger partial charge in [0.15, 0.2) is 6.29 Å². The van der Waals surface area contributed by atoms with E-state index in [0.717, 1.165) is 32.1 Å². The number of aliphatic hydroxyl groups is 4. The zero-order valence-corrected chi connectivity index (χ0v) is 27.5. The molecule has 1 saturated heterocycles. The van der Waals surface area contributed by atoms with Crippen molar-refractivity contribution in [1.82, 2.24) is 0 Å². The molecule has 0 amide bonds. The number of aliphatic hydroxyl groups excluding tert-OH is 4. The van der Waals surface area contributed by atoms with Gasteiger partial charge in [0.2, 0.25) is 0 Å². The van der Waals surface area contributed by atoms with Gasteiger partial charge in [0.05, 0.1) is 19.8 Å². The van der Waals surface area contributed by atoms with Gasteiger partial charge >= 0.3 is 5.97 Å². The zero-order chi connectivity index (χ0) is 31.5. The standard InChI is InChI=1S/C34H66O9/c1-3-5-7-9-11-12-13-14-15-16-17-19-21-23-30(36)42-28(26-40-24-22-20-18-10-8-6-4-2)27-41-34-33(39)32(38)31(37)29(25-35)43-34/h28-29,31-35,37-39H,3-27H2,1-2H3. The van der Waals surface area contributed by atoms with Gasteiger partial charge in [-0.2, -0.15) is 0 Å². The number of ether oxygens (including phenoxy) is 4. The lowest BCUT2D eigenvalue weighted by molar-refractivity contribution is -0.305. The minimum Gasteiger partial charge on any atom is -0.457 e. The van der Waals surface area contributed by atoms with Crippen LogP contribution in [0.3, 0.4) is 0 Å². The number of unbranched alkanes of at least 4 members (excludes halogenated alkanes) is 18. The first-order valence-corrected chi connectivity index (χ1v) is 17.6. The maximum atomic E-state index is 12.6. The number of hydrogen-bond acceptors (Lipinski definition) is 9. The Labute approximate surface area is 262 Å². The Morgan fingerprint density at radius 2 is 1.14 bits per heavy atom. The topological polar surface area (TPSA) is 135 Å². The fourth-order valence-electron chi connectivity index (χ4n) is 5.43. The van der Waals surface area contributed by atoms with Crippen molar-refractivity contribution in [2.75, 3.05) is 26.4 Å². The van der Waals surface area contributed by atoms with Crippen LogP contribution in [0.2, 0.25) is 0 Å². The van der Waals surface area contributed by atoms with Crippen LogP contribution in [-0.2, 0) is 23.7 Å². The van der Waals surface area contributed by atoms with Crippen LogP contribution in [0.25, 0.3) is 0 Å². The first kappa shape index (κ1) is 40.2. The molecule has 4 N–H and O–H groups in total. The molecule has 0 aromatic carbocycles. The van der Waals surface area contributed by atoms with Crippen LogP contribution in [0.5, 0.6) is 0 Å². The molecule has 0 spiro atoms. The predicted molar refractivity (Wildman–Crippen MR) is 169 cm³/mol. The largest absolute Gasteiger partial charge is 0.457 e. The highest BCUT2D eigenvalue weighted by atomic mass is 16.7. The second-order valence-corrected chi connectivity index (χ2v) is 12.3. The van der Waals surface area contributed by atoms with E-state index in [2.05, 4.69) is 13.8 Å². The zero-order valence-electron chi connectivity index (χ0n) is 27.5. The molecule has 43 heavy (non-hydrogen) atoms. The maximum Gasteiger partial charge on any atom is 0.306 e. The molecule has 256 valence electrons. The molecule has 6 atom stereocenters. The van der Waals surface area contributed by atoms with Crippen molar-refractivity contribution in [1.29, 1.82) is 0 Å². The van der Waals surface area contributed by atoms with E-state index in [1.165, 1.54) is 96.3 Å². The van der Waals surface area contributed by atoms with Crippen LogP contribution in [-0.4, -0.2) is 89.6 Å². The maximum absolute atomic E-state index is 12.6. The normalized spacial score (nSPS) is 23.0. The van der Waals surface area contributed by atoms with Gasteiger partial charge < -0.3 is 39.4 Å². The molecule has 6 unspecified atom stereocenters. The van der Waals surface area contributed by atoms with Gasteiger partial charge in [-0.05, 0) is 12.8 Å². The van der Waals surface area contributed by atoms with Gasteiger partial charge in [0.1, 0.15) is 30.5 Å². The lowest BCUT2D eigenvalue weighted by atomic mass is 9.99. The van der Waals surface area contributed by atoms with Gasteiger partial charge in [-0.15, -0.1) is 0 Å². The molecule has 1 fully saturated rings. The van der Waals surface area contributed by atoms with Crippen molar-refractivity contribution in [2.45, 2.75) is 185 Å². The van der Waals surface area contributed by atoms with Gasteiger partial charge in [0.25, 0.3) is 0 Å². The van der Waals surface area contributed by atoms with Crippen LogP contribution in [0.4, 0.5) is 0 Å². The van der Waals surface area contributed by atoms with Crippen LogP contribution < -0.4 is 0 Å². The lowest BCUT2D eigenvalue weighted by Gasteiger charge is -2.39. The molecule has 0 saturated carbocycles. The van der Waals surface area contributed by atoms with E-state index >= 15 is 0 Å². The minimum absolute atomic E-state index is 0.107. The fraction of sp³-hybridized carbons (Fsp3) is 0.971. The first-order valence-electron chi connectivity index (χ1n) is 17.6. The third kappa shape index (κ3) is 20.0. The van der Waals surface area contributed by atoms with Crippen molar-refractivity contribution in [3.05, 3.63) is 0 Å². The lowest BCUT2D eigenvalue weighted by Crippen LogP contribution is -2.59. The first-order chi connectivity index (χ1) is 20.9. The second kappa shape index (κ2) is 27.5. The van der Waals surface area contributed by atoms with E-state index in [1.807, 2.05) is 0 Å². The summed E-state index contributed by atoms with van der Waals surface area (Å²) in [5.41, 5.74) is 0. The Balaban J connectivity index is 2.33. The summed E-state index contributed by atoms with van der Waals surface area (Å²) in [5, 5.41) is 39.7. The quantitative estimate of drug-likeness (QED) is 0.0591. The Kier molecular flexibility index (Phi) is 25.7. The third-order valence-corrected chi connectivity index (χ3v) is 8.27. The molecular weight excluding hydrogens is 552 g/mol. The summed E-state index contributed by atoms with van der Waals surface area (Å²) in [7, 11) is 0. The summed E-state index contributed by atoms with van der Waals surface area (Å²) in [4.78, 5) is 12.6. The average molecular weight is 619 g/mol. The molecule has 9 heteroatoms. The highest BCUT2D eigenvalue weighted by Gasteiger charge is 2.44. The smallest absolute Gasteiger partial charge is 0.306 e. The van der Waals surface area contributed by atoms with E-state index in [-0.39, 0.29) is 19.2 Å². The predicted octanol–water partition coefficient (Wildman–Crippen LogP) is 5.96. The summed E-state index contributed by atoms with van der Waals surface area (Å²) < 4.78 is 22.5. The summed E-state index contributed by atoms with van der Waals surface area (Å²) in [5.74, 6) is -0.315. The van der Waals surface area contributed by atoms with Gasteiger partial charge in [-0.25, -0.2) is 0 Å². The Morgan fingerprint density at radius 3 is 1.65 bits per heavy atom. The number of carbonyl (C=O) groups excluding carboxylic acids is 1. The molecule has 1 aliphatic rings. The second-order valence-electron chi connectivity index (χ2n) is 12.3. The van der Waals surface area contributed by atoms with Gasteiger partial charge in [-0.1, -0.05) is 129 Å².